The Kier molecular flexibility index (Phi) is 14.1. The predicted octanol–water partition coefficient (Wildman–Crippen LogP) is 1.65. The van der Waals surface area contributed by atoms with Gasteiger partial charge in [-0.1, -0.05) is 46.2 Å². The third kappa shape index (κ3) is 11.4. The summed E-state index contributed by atoms with van der Waals surface area (Å²) in [6.45, 7) is 7.49. The molecule has 1 rings (SSSR count). The molecular weight excluding hydrogens is 496 g/mol. The molecule has 37 heavy (non-hydrogen) atoms. The molecule has 0 radical (unpaired) electrons. The lowest BCUT2D eigenvalue weighted by Gasteiger charge is -2.28. The summed E-state index contributed by atoms with van der Waals surface area (Å²) in [6.07, 6.45) is 3.27. The Bertz CT molecular complexity index is 896. The van der Waals surface area contributed by atoms with E-state index in [1.807, 2.05) is 34.0 Å². The summed E-state index contributed by atoms with van der Waals surface area (Å²) in [5.74, 6) is -2.24. The lowest BCUT2D eigenvalue weighted by molar-refractivity contribution is -0.142. The van der Waals surface area contributed by atoms with Gasteiger partial charge in [0.2, 0.25) is 17.7 Å². The van der Waals surface area contributed by atoms with Crippen molar-refractivity contribution in [1.82, 2.24) is 16.0 Å². The minimum absolute atomic E-state index is 0.00316. The van der Waals surface area contributed by atoms with Crippen molar-refractivity contribution in [3.8, 4) is 5.75 Å². The van der Waals surface area contributed by atoms with Crippen LogP contribution in [0.4, 0.5) is 0 Å². The number of thioether (sulfide) groups is 1. The quantitative estimate of drug-likeness (QED) is 0.184. The van der Waals surface area contributed by atoms with E-state index in [1.54, 1.807) is 23.9 Å². The molecule has 5 unspecified atom stereocenters. The molecule has 0 heterocycles. The second-order valence-corrected chi connectivity index (χ2v) is 10.7. The van der Waals surface area contributed by atoms with Crippen molar-refractivity contribution >= 4 is 35.5 Å². The highest BCUT2D eigenvalue weighted by atomic mass is 32.2. The number of nitrogens with two attached hydrogens (primary N) is 1. The molecule has 0 spiro atoms. The highest BCUT2D eigenvalue weighted by Crippen LogP contribution is 2.14. The van der Waals surface area contributed by atoms with Gasteiger partial charge in [-0.25, -0.2) is 4.79 Å². The highest BCUT2D eigenvalue weighted by Gasteiger charge is 2.32. The molecule has 0 aliphatic heterocycles. The summed E-state index contributed by atoms with van der Waals surface area (Å²) in [4.78, 5) is 50.9. The van der Waals surface area contributed by atoms with Gasteiger partial charge >= 0.3 is 5.97 Å². The summed E-state index contributed by atoms with van der Waals surface area (Å²) in [6, 6.07) is 2.15. The van der Waals surface area contributed by atoms with Gasteiger partial charge in [0.25, 0.3) is 0 Å². The molecule has 5 atom stereocenters. The van der Waals surface area contributed by atoms with Crippen molar-refractivity contribution in [2.45, 2.75) is 77.5 Å². The first-order valence-corrected chi connectivity index (χ1v) is 13.9. The molecule has 0 aliphatic carbocycles. The van der Waals surface area contributed by atoms with Crippen molar-refractivity contribution in [2.75, 3.05) is 12.0 Å². The molecule has 1 aromatic carbocycles. The predicted molar refractivity (Wildman–Crippen MR) is 145 cm³/mol. The van der Waals surface area contributed by atoms with Crippen LogP contribution in [-0.2, 0) is 25.6 Å². The molecule has 0 saturated carbocycles. The van der Waals surface area contributed by atoms with Gasteiger partial charge < -0.3 is 31.9 Å². The first kappa shape index (κ1) is 32.2. The minimum atomic E-state index is -1.23. The Morgan fingerprint density at radius 1 is 0.946 bits per heavy atom. The number of carbonyl (C=O) groups is 4. The second kappa shape index (κ2) is 16.1. The van der Waals surface area contributed by atoms with E-state index >= 15 is 0 Å². The Labute approximate surface area is 223 Å². The molecule has 3 amide bonds. The Balaban J connectivity index is 3.01. The number of amides is 3. The molecule has 0 aliphatic rings. The van der Waals surface area contributed by atoms with E-state index in [9.17, 15) is 29.4 Å². The van der Waals surface area contributed by atoms with Crippen LogP contribution in [0.3, 0.4) is 0 Å². The van der Waals surface area contributed by atoms with E-state index in [1.165, 1.54) is 12.1 Å². The van der Waals surface area contributed by atoms with Crippen LogP contribution in [0, 0.1) is 11.8 Å². The van der Waals surface area contributed by atoms with Gasteiger partial charge in [0.15, 0.2) is 0 Å². The number of hydrogen-bond acceptors (Lipinski definition) is 7. The minimum Gasteiger partial charge on any atom is -0.508 e. The molecular formula is C26H42N4O6S. The summed E-state index contributed by atoms with van der Waals surface area (Å²) < 4.78 is 0. The smallest absolute Gasteiger partial charge is 0.326 e. The number of carbonyl (C=O) groups excluding carboxylic acids is 3. The van der Waals surface area contributed by atoms with Crippen molar-refractivity contribution < 1.29 is 29.4 Å². The maximum absolute atomic E-state index is 13.3. The summed E-state index contributed by atoms with van der Waals surface area (Å²) in [5.41, 5.74) is 6.59. The van der Waals surface area contributed by atoms with Crippen molar-refractivity contribution in [3.05, 3.63) is 29.8 Å². The summed E-state index contributed by atoms with van der Waals surface area (Å²) in [7, 11) is 0. The second-order valence-electron chi connectivity index (χ2n) is 9.72. The molecule has 0 aromatic heterocycles. The Morgan fingerprint density at radius 2 is 1.54 bits per heavy atom. The Morgan fingerprint density at radius 3 is 2.05 bits per heavy atom. The highest BCUT2D eigenvalue weighted by molar-refractivity contribution is 7.98. The number of carboxylic acid groups (broad SMARTS) is 1. The van der Waals surface area contributed by atoms with Gasteiger partial charge in [-0.15, -0.1) is 0 Å². The van der Waals surface area contributed by atoms with Crippen LogP contribution in [0.5, 0.6) is 5.75 Å². The number of phenolic OH excluding ortho intramolecular Hbond substituents is 1. The lowest BCUT2D eigenvalue weighted by Crippen LogP contribution is -2.59. The van der Waals surface area contributed by atoms with Gasteiger partial charge in [0, 0.05) is 6.42 Å². The van der Waals surface area contributed by atoms with Gasteiger partial charge in [-0.3, -0.25) is 14.4 Å². The third-order valence-corrected chi connectivity index (χ3v) is 6.74. The Hall–Kier alpha value is -2.79. The lowest BCUT2D eigenvalue weighted by atomic mass is 9.96. The van der Waals surface area contributed by atoms with E-state index in [0.29, 0.717) is 24.2 Å². The number of nitrogens with one attached hydrogen (secondary N) is 3. The number of hydrogen-bond donors (Lipinski definition) is 6. The zero-order chi connectivity index (χ0) is 28.1. The first-order valence-electron chi connectivity index (χ1n) is 12.6. The zero-order valence-corrected chi connectivity index (χ0v) is 23.1. The van der Waals surface area contributed by atoms with E-state index in [2.05, 4.69) is 16.0 Å². The third-order valence-electron chi connectivity index (χ3n) is 6.09. The molecule has 208 valence electrons. The van der Waals surface area contributed by atoms with Gasteiger partial charge in [-0.2, -0.15) is 11.8 Å². The van der Waals surface area contributed by atoms with Crippen LogP contribution in [0.25, 0.3) is 0 Å². The van der Waals surface area contributed by atoms with Crippen molar-refractivity contribution in [3.63, 3.8) is 0 Å². The van der Waals surface area contributed by atoms with Gasteiger partial charge in [-0.05, 0) is 54.4 Å². The number of aromatic hydroxyl groups is 1. The number of benzene rings is 1. The van der Waals surface area contributed by atoms with Crippen molar-refractivity contribution in [2.24, 2.45) is 17.6 Å². The average Bonchev–Trinajstić information content (AvgIpc) is 2.84. The first-order chi connectivity index (χ1) is 17.4. The molecule has 0 bridgehead atoms. The monoisotopic (exact) mass is 538 g/mol. The molecule has 10 nitrogen and oxygen atoms in total. The van der Waals surface area contributed by atoms with E-state index < -0.39 is 47.9 Å². The fraction of sp³-hybridized carbons (Fsp3) is 0.615. The topological polar surface area (TPSA) is 171 Å². The van der Waals surface area contributed by atoms with E-state index in [4.69, 9.17) is 5.73 Å². The van der Waals surface area contributed by atoms with Crippen LogP contribution in [0.2, 0.25) is 0 Å². The van der Waals surface area contributed by atoms with Crippen LogP contribution in [0.15, 0.2) is 24.3 Å². The molecule has 0 fully saturated rings. The van der Waals surface area contributed by atoms with E-state index in [0.717, 1.165) is 0 Å². The zero-order valence-electron chi connectivity index (χ0n) is 22.3. The van der Waals surface area contributed by atoms with Crippen LogP contribution in [0.1, 0.15) is 52.5 Å². The maximum Gasteiger partial charge on any atom is 0.326 e. The van der Waals surface area contributed by atoms with Crippen molar-refractivity contribution in [1.29, 1.82) is 0 Å². The number of aliphatic carboxylic acids is 1. The van der Waals surface area contributed by atoms with Crippen LogP contribution < -0.4 is 21.7 Å². The largest absolute Gasteiger partial charge is 0.508 e. The molecule has 7 N–H and O–H groups in total. The maximum atomic E-state index is 13.3. The average molecular weight is 539 g/mol. The molecule has 1 aromatic rings. The fourth-order valence-electron chi connectivity index (χ4n) is 3.64. The number of carboxylic acids is 1. The number of rotatable bonds is 16. The summed E-state index contributed by atoms with van der Waals surface area (Å²) >= 11 is 1.57. The van der Waals surface area contributed by atoms with Gasteiger partial charge in [0.1, 0.15) is 23.9 Å². The summed E-state index contributed by atoms with van der Waals surface area (Å²) in [5, 5.41) is 27.1. The SMILES string of the molecule is CCC(C)C(NC(=O)C(N)CCSC)C(=O)NC(CC(C)C)C(=O)NC(Cc1ccc(O)cc1)C(=O)O. The van der Waals surface area contributed by atoms with Gasteiger partial charge in [0.05, 0.1) is 6.04 Å². The normalized spacial score (nSPS) is 15.2. The standard InChI is InChI=1S/C26H42N4O6S/c1-6-16(4)22(30-23(32)19(27)11-12-37-5)25(34)28-20(13-15(2)3)24(33)29-21(26(35)36)14-17-7-9-18(31)10-8-17/h7-10,15-16,19-22,31H,6,11-14,27H2,1-5H3,(H,28,34)(H,29,33)(H,30,32)(H,35,36). The number of phenols is 1. The molecule has 0 saturated heterocycles. The van der Waals surface area contributed by atoms with E-state index in [-0.39, 0.29) is 30.4 Å². The molecule has 11 heteroatoms. The van der Waals surface area contributed by atoms with Crippen LogP contribution in [-0.4, -0.2) is 70.1 Å². The fourth-order valence-corrected chi connectivity index (χ4v) is 4.13. The van der Waals surface area contributed by atoms with Crippen LogP contribution >= 0.6 is 11.8 Å².